The molecule has 0 atom stereocenters. The van der Waals surface area contributed by atoms with Crippen molar-refractivity contribution in [1.82, 2.24) is 0 Å². The van der Waals surface area contributed by atoms with Gasteiger partial charge in [0.25, 0.3) is 0 Å². The van der Waals surface area contributed by atoms with Crippen LogP contribution in [0, 0.1) is 0 Å². The third-order valence-corrected chi connectivity index (χ3v) is 15.6. The number of hydrogen-bond donors (Lipinski definition) is 0. The number of hydrogen-bond acceptors (Lipinski definition) is 3. The van der Waals surface area contributed by atoms with Gasteiger partial charge in [0.15, 0.2) is 0 Å². The maximum absolute atomic E-state index is 5.86. The first-order valence-electron chi connectivity index (χ1n) is 21.5. The minimum atomic E-state index is 0.174. The Labute approximate surface area is 336 Å². The van der Waals surface area contributed by atoms with Gasteiger partial charge in [-0.3, -0.25) is 0 Å². The van der Waals surface area contributed by atoms with Crippen LogP contribution in [0.1, 0.15) is 141 Å². The molecule has 0 saturated carbocycles. The van der Waals surface area contributed by atoms with Gasteiger partial charge >= 0.3 is 0 Å². The second kappa shape index (κ2) is 12.1. The van der Waals surface area contributed by atoms with Crippen LogP contribution in [-0.2, 0) is 14.2 Å². The second-order valence-corrected chi connectivity index (χ2v) is 18.7. The summed E-state index contributed by atoms with van der Waals surface area (Å²) in [6, 6.07) is 54.1. The van der Waals surface area contributed by atoms with Crippen LogP contribution in [0.3, 0.4) is 0 Å². The van der Waals surface area contributed by atoms with Crippen molar-refractivity contribution < 1.29 is 14.2 Å². The molecule has 6 bridgehead atoms. The first-order chi connectivity index (χ1) is 28.1. The largest absolute Gasteiger partial charge is 0.370 e. The molecule has 0 aromatic heterocycles. The normalized spacial score (nSPS) is 33.7. The fourth-order valence-corrected chi connectivity index (χ4v) is 12.7. The first kappa shape index (κ1) is 33.2. The van der Waals surface area contributed by atoms with Crippen LogP contribution < -0.4 is 0 Å². The molecule has 12 aliphatic rings. The Morgan fingerprint density at radius 1 is 0.246 bits per heavy atom. The van der Waals surface area contributed by atoms with Gasteiger partial charge in [-0.2, -0.15) is 0 Å². The van der Waals surface area contributed by atoms with E-state index in [4.69, 9.17) is 14.2 Å². The van der Waals surface area contributed by atoms with E-state index in [1.807, 2.05) is 0 Å². The van der Waals surface area contributed by atoms with Gasteiger partial charge in [0.05, 0.1) is 36.6 Å². The Hall–Kier alpha value is -4.80. The lowest BCUT2D eigenvalue weighted by molar-refractivity contribution is 0.270. The minimum Gasteiger partial charge on any atom is -0.370 e. The van der Waals surface area contributed by atoms with Crippen LogP contribution in [-0.4, -0.2) is 36.6 Å². The van der Waals surface area contributed by atoms with Gasteiger partial charge in [-0.1, -0.05) is 146 Å². The maximum atomic E-state index is 5.86. The molecule has 0 N–H and O–H groups in total. The van der Waals surface area contributed by atoms with Crippen molar-refractivity contribution in [3.63, 3.8) is 0 Å². The van der Waals surface area contributed by atoms with Crippen LogP contribution in [0.5, 0.6) is 0 Å². The molecular formula is C54H48O3. The molecule has 9 aliphatic carbocycles. The molecule has 3 saturated heterocycles. The van der Waals surface area contributed by atoms with Gasteiger partial charge in [-0.15, -0.1) is 0 Å². The number of ether oxygens (including phenoxy) is 3. The first-order valence-corrected chi connectivity index (χ1v) is 21.5. The summed E-state index contributed by atoms with van der Waals surface area (Å²) in [5, 5.41) is 0. The van der Waals surface area contributed by atoms with Crippen molar-refractivity contribution in [1.29, 1.82) is 0 Å². The third kappa shape index (κ3) is 5.21. The summed E-state index contributed by atoms with van der Waals surface area (Å²) in [4.78, 5) is 0. The lowest BCUT2D eigenvalue weighted by atomic mass is 9.74. The van der Waals surface area contributed by atoms with Crippen molar-refractivity contribution in [2.75, 3.05) is 19.8 Å². The smallest absolute Gasteiger partial charge is 0.0934 e. The van der Waals surface area contributed by atoms with E-state index in [9.17, 15) is 0 Å². The monoisotopic (exact) mass is 744 g/mol. The average molecular weight is 745 g/mol. The van der Waals surface area contributed by atoms with E-state index in [0.717, 1.165) is 58.3 Å². The number of rotatable bonds is 0. The molecule has 3 spiro atoms. The van der Waals surface area contributed by atoms with Crippen molar-refractivity contribution in [3.05, 3.63) is 212 Å². The second-order valence-electron chi connectivity index (χ2n) is 18.7. The van der Waals surface area contributed by atoms with E-state index in [1.165, 1.54) is 0 Å². The molecule has 3 fully saturated rings. The molecule has 0 unspecified atom stereocenters. The maximum Gasteiger partial charge on any atom is 0.0934 e. The van der Waals surface area contributed by atoms with Crippen molar-refractivity contribution in [2.24, 2.45) is 0 Å². The molecule has 282 valence electrons. The zero-order valence-electron chi connectivity index (χ0n) is 32.4. The van der Waals surface area contributed by atoms with E-state index in [0.29, 0.717) is 35.5 Å². The zero-order chi connectivity index (χ0) is 37.3. The summed E-state index contributed by atoms with van der Waals surface area (Å²) in [5.74, 6) is 3.21. The van der Waals surface area contributed by atoms with E-state index in [-0.39, 0.29) is 16.8 Å². The SMILES string of the molecule is c1ccc2c(c1)C1CC3(CO3)CC2c2ccccc21.c1ccc2c(c1)C1CC3(CO3)CC2c2ccccc21.c1ccc2c(c1)C1CC3(CO3)CC2c2ccccc21. The molecule has 57 heavy (non-hydrogen) atoms. The predicted octanol–water partition coefficient (Wildman–Crippen LogP) is 11.5. The van der Waals surface area contributed by atoms with E-state index < -0.39 is 0 Å². The summed E-state index contributed by atoms with van der Waals surface area (Å²) in [6.07, 6.45) is 6.99. The molecule has 3 heteroatoms. The Morgan fingerprint density at radius 3 is 0.474 bits per heavy atom. The summed E-state index contributed by atoms with van der Waals surface area (Å²) < 4.78 is 17.6. The number of epoxide rings is 3. The molecule has 3 nitrogen and oxygen atoms in total. The fourth-order valence-electron chi connectivity index (χ4n) is 12.7. The molecular weight excluding hydrogens is 697 g/mol. The van der Waals surface area contributed by atoms with Gasteiger partial charge in [0.2, 0.25) is 0 Å². The molecule has 0 amide bonds. The lowest BCUT2D eigenvalue weighted by Gasteiger charge is -2.30. The van der Waals surface area contributed by atoms with Gasteiger partial charge in [0.1, 0.15) is 0 Å². The van der Waals surface area contributed by atoms with E-state index in [2.05, 4.69) is 146 Å². The molecule has 6 aromatic rings. The highest BCUT2D eigenvalue weighted by atomic mass is 16.6. The summed E-state index contributed by atoms with van der Waals surface area (Å²) in [5.41, 5.74) is 19.0. The van der Waals surface area contributed by atoms with Crippen molar-refractivity contribution in [2.45, 2.75) is 90.8 Å². The Balaban J connectivity index is 0.0000000895. The predicted molar refractivity (Wildman–Crippen MR) is 223 cm³/mol. The van der Waals surface area contributed by atoms with Crippen LogP contribution in [0.25, 0.3) is 0 Å². The molecule has 3 heterocycles. The van der Waals surface area contributed by atoms with Crippen LogP contribution in [0.4, 0.5) is 0 Å². The Morgan fingerprint density at radius 2 is 0.368 bits per heavy atom. The van der Waals surface area contributed by atoms with E-state index >= 15 is 0 Å². The van der Waals surface area contributed by atoms with Gasteiger partial charge in [-0.05, 0) is 105 Å². The molecule has 3 aliphatic heterocycles. The van der Waals surface area contributed by atoms with Crippen LogP contribution in [0.15, 0.2) is 146 Å². The Kier molecular flexibility index (Phi) is 7.06. The molecule has 18 rings (SSSR count). The fraction of sp³-hybridized carbons (Fsp3) is 0.333. The minimum absolute atomic E-state index is 0.174. The Bertz CT molecular complexity index is 1990. The zero-order valence-corrected chi connectivity index (χ0v) is 32.4. The standard InChI is InChI=1S/3C18H16O/c3*1-2-6-13-12(5-1)16-9-18(11-19-18)10-17(13)15-8-4-3-7-14(15)16/h3*1-8,16-17H,9-11H2. The summed E-state index contributed by atoms with van der Waals surface area (Å²) in [7, 11) is 0. The van der Waals surface area contributed by atoms with Gasteiger partial charge < -0.3 is 14.2 Å². The summed E-state index contributed by atoms with van der Waals surface area (Å²) >= 11 is 0. The number of benzene rings is 6. The van der Waals surface area contributed by atoms with Gasteiger partial charge in [-0.25, -0.2) is 0 Å². The highest BCUT2D eigenvalue weighted by molar-refractivity contribution is 5.57. The molecule has 0 radical (unpaired) electrons. The molecule has 6 aromatic carbocycles. The lowest BCUT2D eigenvalue weighted by Crippen LogP contribution is -2.14. The van der Waals surface area contributed by atoms with E-state index in [1.54, 1.807) is 66.8 Å². The van der Waals surface area contributed by atoms with Crippen LogP contribution >= 0.6 is 0 Å². The van der Waals surface area contributed by atoms with Crippen molar-refractivity contribution in [3.8, 4) is 0 Å². The topological polar surface area (TPSA) is 37.6 Å². The quantitative estimate of drug-likeness (QED) is 0.145. The average Bonchev–Trinajstić information content (AvgIpc) is 4.16. The van der Waals surface area contributed by atoms with Crippen molar-refractivity contribution >= 4 is 0 Å². The highest BCUT2D eigenvalue weighted by Gasteiger charge is 2.56. The van der Waals surface area contributed by atoms with Crippen LogP contribution in [0.2, 0.25) is 0 Å². The van der Waals surface area contributed by atoms with Gasteiger partial charge in [0, 0.05) is 35.5 Å². The third-order valence-electron chi connectivity index (χ3n) is 15.6. The highest BCUT2D eigenvalue weighted by Crippen LogP contribution is 2.60. The summed E-state index contributed by atoms with van der Waals surface area (Å²) in [6.45, 7) is 2.88.